The van der Waals surface area contributed by atoms with E-state index in [1.807, 2.05) is 0 Å². The van der Waals surface area contributed by atoms with Crippen LogP contribution in [-0.4, -0.2) is 53.1 Å². The third kappa shape index (κ3) is 2.91. The van der Waals surface area contributed by atoms with Gasteiger partial charge in [-0.1, -0.05) is 0 Å². The standard InChI is InChI=1S/C11H22N2O2/c1-9(15)12-11(3-4-11)8-13-5-2-10(6-13)7-14/h9-10,12,14-15H,2-8H2,1H3. The van der Waals surface area contributed by atoms with Crippen LogP contribution >= 0.6 is 0 Å². The van der Waals surface area contributed by atoms with Crippen LogP contribution in [-0.2, 0) is 0 Å². The number of aliphatic hydroxyl groups excluding tert-OH is 2. The van der Waals surface area contributed by atoms with Gasteiger partial charge in [-0.25, -0.2) is 0 Å². The summed E-state index contributed by atoms with van der Waals surface area (Å²) in [5.41, 5.74) is 0.165. The summed E-state index contributed by atoms with van der Waals surface area (Å²) in [4.78, 5) is 2.41. The zero-order valence-corrected chi connectivity index (χ0v) is 9.45. The van der Waals surface area contributed by atoms with Crippen LogP contribution in [0.5, 0.6) is 0 Å². The van der Waals surface area contributed by atoms with Gasteiger partial charge in [0.05, 0.1) is 0 Å². The Morgan fingerprint density at radius 2 is 2.27 bits per heavy atom. The smallest absolute Gasteiger partial charge is 0.102 e. The van der Waals surface area contributed by atoms with Crippen LogP contribution in [0, 0.1) is 5.92 Å². The Kier molecular flexibility index (Phi) is 3.30. The minimum Gasteiger partial charge on any atom is -0.396 e. The fraction of sp³-hybridized carbons (Fsp3) is 1.00. The predicted molar refractivity (Wildman–Crippen MR) is 58.4 cm³/mol. The zero-order valence-electron chi connectivity index (χ0n) is 9.45. The van der Waals surface area contributed by atoms with Crippen LogP contribution in [0.15, 0.2) is 0 Å². The van der Waals surface area contributed by atoms with Crippen molar-refractivity contribution >= 4 is 0 Å². The molecule has 88 valence electrons. The SMILES string of the molecule is CC(O)NC1(CN2CCC(CO)C2)CC1. The summed E-state index contributed by atoms with van der Waals surface area (Å²) in [5, 5.41) is 21.6. The lowest BCUT2D eigenvalue weighted by Crippen LogP contribution is -2.46. The first-order valence-corrected chi connectivity index (χ1v) is 5.92. The lowest BCUT2D eigenvalue weighted by atomic mass is 10.1. The minimum absolute atomic E-state index is 0.165. The van der Waals surface area contributed by atoms with Crippen LogP contribution in [0.4, 0.5) is 0 Å². The van der Waals surface area contributed by atoms with Gasteiger partial charge < -0.3 is 15.1 Å². The molecule has 15 heavy (non-hydrogen) atoms. The van der Waals surface area contributed by atoms with Gasteiger partial charge in [0, 0.05) is 25.2 Å². The highest BCUT2D eigenvalue weighted by Gasteiger charge is 2.45. The summed E-state index contributed by atoms with van der Waals surface area (Å²) in [6.45, 7) is 5.22. The van der Waals surface area contributed by atoms with Crippen molar-refractivity contribution in [3.63, 3.8) is 0 Å². The number of rotatable bonds is 5. The number of nitrogens with zero attached hydrogens (tertiary/aromatic N) is 1. The molecule has 0 bridgehead atoms. The number of likely N-dealkylation sites (tertiary alicyclic amines) is 1. The first-order chi connectivity index (χ1) is 7.13. The molecule has 0 amide bonds. The molecule has 2 atom stereocenters. The molecule has 2 rings (SSSR count). The lowest BCUT2D eigenvalue weighted by molar-refractivity contribution is 0.121. The molecule has 4 heteroatoms. The number of hydrogen-bond acceptors (Lipinski definition) is 4. The highest BCUT2D eigenvalue weighted by molar-refractivity contribution is 5.05. The number of nitrogens with one attached hydrogen (secondary N) is 1. The molecular formula is C11H22N2O2. The Balaban J connectivity index is 1.77. The highest BCUT2D eigenvalue weighted by atomic mass is 16.3. The first kappa shape index (κ1) is 11.3. The maximum Gasteiger partial charge on any atom is 0.102 e. The summed E-state index contributed by atoms with van der Waals surface area (Å²) in [5.74, 6) is 0.465. The van der Waals surface area contributed by atoms with E-state index in [4.69, 9.17) is 5.11 Å². The molecule has 0 spiro atoms. The van der Waals surface area contributed by atoms with Crippen molar-refractivity contribution in [2.45, 2.75) is 38.0 Å². The molecule has 0 aromatic rings. The van der Waals surface area contributed by atoms with Gasteiger partial charge in [-0.2, -0.15) is 0 Å². The lowest BCUT2D eigenvalue weighted by Gasteiger charge is -2.25. The molecule has 3 N–H and O–H groups in total. The quantitative estimate of drug-likeness (QED) is 0.553. The largest absolute Gasteiger partial charge is 0.396 e. The van der Waals surface area contributed by atoms with Gasteiger partial charge in [0.25, 0.3) is 0 Å². The molecule has 4 nitrogen and oxygen atoms in total. The van der Waals surface area contributed by atoms with Crippen molar-refractivity contribution in [2.75, 3.05) is 26.2 Å². The maximum absolute atomic E-state index is 9.33. The van der Waals surface area contributed by atoms with E-state index < -0.39 is 6.23 Å². The zero-order chi connectivity index (χ0) is 10.9. The normalized spacial score (nSPS) is 31.8. The predicted octanol–water partition coefficient (Wildman–Crippen LogP) is -0.239. The van der Waals surface area contributed by atoms with E-state index in [1.54, 1.807) is 6.92 Å². The Morgan fingerprint density at radius 3 is 2.73 bits per heavy atom. The second-order valence-electron chi connectivity index (χ2n) is 5.17. The molecule has 1 aliphatic carbocycles. The van der Waals surface area contributed by atoms with Crippen molar-refractivity contribution in [3.8, 4) is 0 Å². The second kappa shape index (κ2) is 4.37. The highest BCUT2D eigenvalue weighted by Crippen LogP contribution is 2.37. The molecule has 0 aromatic carbocycles. The average molecular weight is 214 g/mol. The first-order valence-electron chi connectivity index (χ1n) is 5.92. The number of aliphatic hydroxyl groups is 2. The molecular weight excluding hydrogens is 192 g/mol. The average Bonchev–Trinajstić information content (AvgIpc) is 2.76. The van der Waals surface area contributed by atoms with Crippen LogP contribution in [0.2, 0.25) is 0 Å². The second-order valence-corrected chi connectivity index (χ2v) is 5.17. The van der Waals surface area contributed by atoms with E-state index in [0.717, 1.165) is 38.9 Å². The Bertz CT molecular complexity index is 217. The van der Waals surface area contributed by atoms with E-state index in [9.17, 15) is 5.11 Å². The maximum atomic E-state index is 9.33. The fourth-order valence-electron chi connectivity index (χ4n) is 2.58. The van der Waals surface area contributed by atoms with Crippen LogP contribution in [0.25, 0.3) is 0 Å². The van der Waals surface area contributed by atoms with Crippen molar-refractivity contribution in [3.05, 3.63) is 0 Å². The molecule has 0 radical (unpaired) electrons. The summed E-state index contributed by atoms with van der Waals surface area (Å²) >= 11 is 0. The minimum atomic E-state index is -0.413. The molecule has 1 aliphatic heterocycles. The van der Waals surface area contributed by atoms with E-state index in [2.05, 4.69) is 10.2 Å². The molecule has 1 heterocycles. The third-order valence-electron chi connectivity index (χ3n) is 3.52. The topological polar surface area (TPSA) is 55.7 Å². The Labute approximate surface area is 91.3 Å². The molecule has 2 fully saturated rings. The molecule has 1 saturated carbocycles. The Hall–Kier alpha value is -0.160. The van der Waals surface area contributed by atoms with Gasteiger partial charge in [0.2, 0.25) is 0 Å². The third-order valence-corrected chi connectivity index (χ3v) is 3.52. The van der Waals surface area contributed by atoms with Crippen LogP contribution in [0.1, 0.15) is 26.2 Å². The van der Waals surface area contributed by atoms with E-state index in [1.165, 1.54) is 0 Å². The fourth-order valence-corrected chi connectivity index (χ4v) is 2.58. The van der Waals surface area contributed by atoms with Gasteiger partial charge >= 0.3 is 0 Å². The number of hydrogen-bond donors (Lipinski definition) is 3. The molecule has 2 aliphatic rings. The van der Waals surface area contributed by atoms with Crippen LogP contribution < -0.4 is 5.32 Å². The van der Waals surface area contributed by atoms with Crippen molar-refractivity contribution in [1.29, 1.82) is 0 Å². The summed E-state index contributed by atoms with van der Waals surface area (Å²) < 4.78 is 0. The summed E-state index contributed by atoms with van der Waals surface area (Å²) in [7, 11) is 0. The van der Waals surface area contributed by atoms with Crippen molar-refractivity contribution < 1.29 is 10.2 Å². The van der Waals surface area contributed by atoms with Gasteiger partial charge in [-0.15, -0.1) is 0 Å². The van der Waals surface area contributed by atoms with Crippen LogP contribution in [0.3, 0.4) is 0 Å². The van der Waals surface area contributed by atoms with Crippen molar-refractivity contribution in [2.24, 2.45) is 5.92 Å². The molecule has 1 saturated heterocycles. The Morgan fingerprint density at radius 1 is 1.53 bits per heavy atom. The van der Waals surface area contributed by atoms with Crippen molar-refractivity contribution in [1.82, 2.24) is 10.2 Å². The summed E-state index contributed by atoms with van der Waals surface area (Å²) in [6.07, 6.45) is 3.03. The monoisotopic (exact) mass is 214 g/mol. The van der Waals surface area contributed by atoms with E-state index >= 15 is 0 Å². The van der Waals surface area contributed by atoms with E-state index in [-0.39, 0.29) is 5.54 Å². The van der Waals surface area contributed by atoms with Gasteiger partial charge in [0.1, 0.15) is 6.23 Å². The van der Waals surface area contributed by atoms with Gasteiger partial charge in [-0.05, 0) is 38.6 Å². The molecule has 2 unspecified atom stereocenters. The summed E-state index contributed by atoms with van der Waals surface area (Å²) in [6, 6.07) is 0. The van der Waals surface area contributed by atoms with Gasteiger partial charge in [-0.3, -0.25) is 5.32 Å². The molecule has 0 aromatic heterocycles. The van der Waals surface area contributed by atoms with E-state index in [0.29, 0.717) is 12.5 Å². The van der Waals surface area contributed by atoms with Gasteiger partial charge in [0.15, 0.2) is 0 Å².